The number of rotatable bonds is 4. The molecule has 6 nitrogen and oxygen atoms in total. The molecule has 1 fully saturated rings. The van der Waals surface area contributed by atoms with Crippen LogP contribution >= 0.6 is 0 Å². The molecule has 3 rings (SSSR count). The summed E-state index contributed by atoms with van der Waals surface area (Å²) in [5, 5.41) is 19.4. The monoisotopic (exact) mass is 314 g/mol. The molecule has 0 aliphatic heterocycles. The molecule has 0 spiro atoms. The fourth-order valence-electron chi connectivity index (χ4n) is 3.07. The van der Waals surface area contributed by atoms with E-state index < -0.39 is 0 Å². The van der Waals surface area contributed by atoms with Gasteiger partial charge in [-0.3, -0.25) is 0 Å². The lowest BCUT2D eigenvalue weighted by molar-refractivity contribution is 0.156. The molecule has 1 heterocycles. The Kier molecular flexibility index (Phi) is 4.92. The average Bonchev–Trinajstić information content (AvgIpc) is 3.10. The summed E-state index contributed by atoms with van der Waals surface area (Å²) >= 11 is 0. The van der Waals surface area contributed by atoms with Crippen molar-refractivity contribution in [3.8, 4) is 5.69 Å². The van der Waals surface area contributed by atoms with Crippen molar-refractivity contribution in [1.29, 1.82) is 0 Å². The first-order chi connectivity index (χ1) is 11.3. The molecule has 23 heavy (non-hydrogen) atoms. The van der Waals surface area contributed by atoms with E-state index >= 15 is 0 Å². The minimum absolute atomic E-state index is 0.0529. The lowest BCUT2D eigenvalue weighted by Crippen LogP contribution is -2.45. The Labute approximate surface area is 135 Å². The van der Waals surface area contributed by atoms with Crippen LogP contribution in [0.4, 0.5) is 10.5 Å². The molecular weight excluding hydrogens is 292 g/mol. The number of aliphatic hydroxyl groups excluding tert-OH is 1. The highest BCUT2D eigenvalue weighted by atomic mass is 16.3. The van der Waals surface area contributed by atoms with Crippen LogP contribution in [0.25, 0.3) is 5.69 Å². The van der Waals surface area contributed by atoms with Crippen LogP contribution in [0.15, 0.2) is 42.7 Å². The first kappa shape index (κ1) is 15.6. The van der Waals surface area contributed by atoms with E-state index in [0.29, 0.717) is 0 Å². The van der Waals surface area contributed by atoms with Gasteiger partial charge in [-0.15, -0.1) is 0 Å². The molecule has 0 bridgehead atoms. The maximum atomic E-state index is 12.1. The van der Waals surface area contributed by atoms with Gasteiger partial charge in [0.1, 0.15) is 0 Å². The van der Waals surface area contributed by atoms with Crippen molar-refractivity contribution in [1.82, 2.24) is 15.1 Å². The van der Waals surface area contributed by atoms with Crippen molar-refractivity contribution in [3.05, 3.63) is 42.7 Å². The fourth-order valence-corrected chi connectivity index (χ4v) is 3.07. The number of aliphatic hydroxyl groups is 1. The molecule has 1 aliphatic rings. The van der Waals surface area contributed by atoms with Crippen molar-refractivity contribution >= 4 is 11.7 Å². The zero-order valence-corrected chi connectivity index (χ0v) is 13.0. The van der Waals surface area contributed by atoms with E-state index in [1.54, 1.807) is 10.9 Å². The van der Waals surface area contributed by atoms with E-state index in [1.807, 2.05) is 36.5 Å². The van der Waals surface area contributed by atoms with E-state index in [1.165, 1.54) is 0 Å². The Bertz CT molecular complexity index is 625. The maximum absolute atomic E-state index is 12.1. The summed E-state index contributed by atoms with van der Waals surface area (Å²) in [6.07, 6.45) is 7.71. The van der Waals surface area contributed by atoms with Gasteiger partial charge in [-0.1, -0.05) is 12.8 Å². The number of aromatic nitrogens is 2. The number of hydrogen-bond acceptors (Lipinski definition) is 3. The number of urea groups is 1. The van der Waals surface area contributed by atoms with Crippen LogP contribution in [-0.4, -0.2) is 33.6 Å². The van der Waals surface area contributed by atoms with Crippen LogP contribution in [0.3, 0.4) is 0 Å². The van der Waals surface area contributed by atoms with Crippen LogP contribution in [0.1, 0.15) is 25.7 Å². The minimum atomic E-state index is -0.220. The number of hydrogen-bond donors (Lipinski definition) is 3. The van der Waals surface area contributed by atoms with Crippen molar-refractivity contribution in [3.63, 3.8) is 0 Å². The second-order valence-corrected chi connectivity index (χ2v) is 5.93. The number of anilines is 1. The van der Waals surface area contributed by atoms with E-state index in [2.05, 4.69) is 15.7 Å². The molecule has 2 unspecified atom stereocenters. The molecule has 1 aromatic heterocycles. The summed E-state index contributed by atoms with van der Waals surface area (Å²) in [7, 11) is 0. The van der Waals surface area contributed by atoms with Crippen LogP contribution in [-0.2, 0) is 0 Å². The lowest BCUT2D eigenvalue weighted by Gasteiger charge is -2.30. The lowest BCUT2D eigenvalue weighted by atomic mass is 9.85. The quantitative estimate of drug-likeness (QED) is 0.811. The highest BCUT2D eigenvalue weighted by Crippen LogP contribution is 2.24. The third-order valence-corrected chi connectivity index (χ3v) is 4.35. The van der Waals surface area contributed by atoms with Gasteiger partial charge < -0.3 is 15.7 Å². The number of carbonyl (C=O) groups excluding carboxylic acids is 1. The Balaban J connectivity index is 1.57. The van der Waals surface area contributed by atoms with Crippen molar-refractivity contribution < 1.29 is 9.90 Å². The van der Waals surface area contributed by atoms with E-state index in [0.717, 1.165) is 37.1 Å². The summed E-state index contributed by atoms with van der Waals surface area (Å²) in [4.78, 5) is 12.1. The van der Waals surface area contributed by atoms with Gasteiger partial charge in [0.15, 0.2) is 0 Å². The molecule has 0 saturated heterocycles. The Morgan fingerprint density at radius 1 is 1.26 bits per heavy atom. The van der Waals surface area contributed by atoms with Crippen molar-refractivity contribution in [2.45, 2.75) is 31.7 Å². The molecule has 0 radical (unpaired) electrons. The van der Waals surface area contributed by atoms with E-state index in [-0.39, 0.29) is 24.6 Å². The zero-order chi connectivity index (χ0) is 16.1. The maximum Gasteiger partial charge on any atom is 0.319 e. The first-order valence-corrected chi connectivity index (χ1v) is 8.05. The largest absolute Gasteiger partial charge is 0.396 e. The summed E-state index contributed by atoms with van der Waals surface area (Å²) in [5.41, 5.74) is 1.67. The molecule has 1 aliphatic carbocycles. The first-order valence-electron chi connectivity index (χ1n) is 8.05. The Morgan fingerprint density at radius 3 is 2.74 bits per heavy atom. The highest BCUT2D eigenvalue weighted by Gasteiger charge is 2.25. The predicted octanol–water partition coefficient (Wildman–Crippen LogP) is 2.54. The van der Waals surface area contributed by atoms with Gasteiger partial charge in [0.2, 0.25) is 0 Å². The van der Waals surface area contributed by atoms with Crippen molar-refractivity contribution in [2.24, 2.45) is 5.92 Å². The number of carbonyl (C=O) groups is 1. The fraction of sp³-hybridized carbons (Fsp3) is 0.412. The third kappa shape index (κ3) is 3.90. The molecule has 2 amide bonds. The summed E-state index contributed by atoms with van der Waals surface area (Å²) in [6.45, 7) is 0.128. The second kappa shape index (κ2) is 7.28. The predicted molar refractivity (Wildman–Crippen MR) is 88.6 cm³/mol. The smallest absolute Gasteiger partial charge is 0.319 e. The van der Waals surface area contributed by atoms with Crippen LogP contribution in [0.5, 0.6) is 0 Å². The molecule has 2 atom stereocenters. The van der Waals surface area contributed by atoms with Gasteiger partial charge in [-0.25, -0.2) is 9.48 Å². The molecule has 1 aromatic carbocycles. The van der Waals surface area contributed by atoms with Gasteiger partial charge in [-0.05, 0) is 43.2 Å². The standard InChI is InChI=1S/C17H22N4O2/c22-12-13-4-1-2-5-16(13)20-17(23)19-14-6-8-15(9-7-14)21-11-3-10-18-21/h3,6-11,13,16,22H,1-2,4-5,12H2,(H2,19,20,23). The minimum Gasteiger partial charge on any atom is -0.396 e. The second-order valence-electron chi connectivity index (χ2n) is 5.93. The number of nitrogens with one attached hydrogen (secondary N) is 2. The van der Waals surface area contributed by atoms with Crippen LogP contribution < -0.4 is 10.6 Å². The van der Waals surface area contributed by atoms with Gasteiger partial charge in [-0.2, -0.15) is 5.10 Å². The summed E-state index contributed by atoms with van der Waals surface area (Å²) in [6, 6.07) is 9.20. The molecule has 1 saturated carbocycles. The topological polar surface area (TPSA) is 79.2 Å². The average molecular weight is 314 g/mol. The number of nitrogens with zero attached hydrogens (tertiary/aromatic N) is 2. The van der Waals surface area contributed by atoms with Gasteiger partial charge in [0.05, 0.1) is 5.69 Å². The zero-order valence-electron chi connectivity index (χ0n) is 13.0. The Morgan fingerprint density at radius 2 is 2.04 bits per heavy atom. The highest BCUT2D eigenvalue weighted by molar-refractivity contribution is 5.89. The number of benzene rings is 1. The van der Waals surface area contributed by atoms with E-state index in [9.17, 15) is 9.90 Å². The molecule has 122 valence electrons. The van der Waals surface area contributed by atoms with Gasteiger partial charge in [0.25, 0.3) is 0 Å². The Hall–Kier alpha value is -2.34. The SMILES string of the molecule is O=C(Nc1ccc(-n2cccn2)cc1)NC1CCCCC1CO. The summed E-state index contributed by atoms with van der Waals surface area (Å²) in [5.74, 6) is 0.164. The third-order valence-electron chi connectivity index (χ3n) is 4.35. The van der Waals surface area contributed by atoms with Crippen LogP contribution in [0.2, 0.25) is 0 Å². The molecule has 3 N–H and O–H groups in total. The van der Waals surface area contributed by atoms with Gasteiger partial charge in [0, 0.05) is 36.6 Å². The van der Waals surface area contributed by atoms with Gasteiger partial charge >= 0.3 is 6.03 Å². The van der Waals surface area contributed by atoms with Crippen LogP contribution in [0, 0.1) is 5.92 Å². The molecule has 2 aromatic rings. The molecule has 6 heteroatoms. The number of amides is 2. The van der Waals surface area contributed by atoms with Crippen molar-refractivity contribution in [2.75, 3.05) is 11.9 Å². The summed E-state index contributed by atoms with van der Waals surface area (Å²) < 4.78 is 1.76. The molecular formula is C17H22N4O2. The normalized spacial score (nSPS) is 20.9. The van der Waals surface area contributed by atoms with E-state index in [4.69, 9.17) is 0 Å².